The molecule has 2 heteroatoms. The zero-order valence-electron chi connectivity index (χ0n) is 41.3. The quantitative estimate of drug-likeness (QED) is 0.133. The number of anilines is 3. The molecule has 1 heterocycles. The topological polar surface area (TPSA) is 8.17 Å². The molecule has 0 saturated heterocycles. The molecule has 352 valence electrons. The van der Waals surface area contributed by atoms with E-state index in [1.807, 2.05) is 0 Å². The first kappa shape index (κ1) is 44.0. The predicted molar refractivity (Wildman–Crippen MR) is 315 cm³/mol. The van der Waals surface area contributed by atoms with E-state index < -0.39 is 5.41 Å². The van der Waals surface area contributed by atoms with Gasteiger partial charge in [-0.25, -0.2) is 0 Å². The summed E-state index contributed by atoms with van der Waals surface area (Å²) in [6.07, 6.45) is 0. The number of nitrogens with zero attached hydrogens (tertiary/aromatic N) is 2. The molecule has 12 aromatic carbocycles. The highest BCUT2D eigenvalue weighted by Gasteiger charge is 2.46. The first-order valence-corrected chi connectivity index (χ1v) is 25.9. The Labute approximate surface area is 438 Å². The van der Waals surface area contributed by atoms with E-state index in [4.69, 9.17) is 0 Å². The van der Waals surface area contributed by atoms with Gasteiger partial charge >= 0.3 is 0 Å². The van der Waals surface area contributed by atoms with Gasteiger partial charge < -0.3 is 9.47 Å². The number of fused-ring (bicyclic) bond motifs is 6. The lowest BCUT2D eigenvalue weighted by molar-refractivity contribution is 0.768. The summed E-state index contributed by atoms with van der Waals surface area (Å²) >= 11 is 0. The van der Waals surface area contributed by atoms with E-state index in [9.17, 15) is 0 Å². The number of aromatic nitrogens is 1. The van der Waals surface area contributed by atoms with Gasteiger partial charge in [-0.1, -0.05) is 231 Å². The lowest BCUT2D eigenvalue weighted by Gasteiger charge is -2.35. The third kappa shape index (κ3) is 7.49. The summed E-state index contributed by atoms with van der Waals surface area (Å²) in [7, 11) is 0. The van der Waals surface area contributed by atoms with Crippen LogP contribution in [0.25, 0.3) is 83.1 Å². The highest BCUT2D eigenvalue weighted by atomic mass is 15.1. The third-order valence-electron chi connectivity index (χ3n) is 15.5. The molecule has 1 aromatic heterocycles. The second-order valence-electron chi connectivity index (χ2n) is 19.6. The molecule has 2 nitrogen and oxygen atoms in total. The van der Waals surface area contributed by atoms with Crippen LogP contribution in [0.3, 0.4) is 0 Å². The van der Waals surface area contributed by atoms with Crippen LogP contribution in [0.2, 0.25) is 0 Å². The molecule has 1 aliphatic rings. The fourth-order valence-electron chi connectivity index (χ4n) is 12.0. The maximum Gasteiger partial charge on any atom is 0.0714 e. The minimum absolute atomic E-state index is 0.522. The van der Waals surface area contributed by atoms with Crippen molar-refractivity contribution in [2.45, 2.75) is 5.41 Å². The van der Waals surface area contributed by atoms with Crippen molar-refractivity contribution < 1.29 is 0 Å². The zero-order valence-corrected chi connectivity index (χ0v) is 41.3. The number of hydrogen-bond acceptors (Lipinski definition) is 1. The van der Waals surface area contributed by atoms with Crippen LogP contribution in [0.15, 0.2) is 303 Å². The maximum atomic E-state index is 2.46. The zero-order chi connectivity index (χ0) is 49.7. The van der Waals surface area contributed by atoms with Gasteiger partial charge in [-0.05, 0) is 151 Å². The van der Waals surface area contributed by atoms with Crippen molar-refractivity contribution in [2.24, 2.45) is 0 Å². The Morgan fingerprint density at radius 2 is 0.707 bits per heavy atom. The minimum atomic E-state index is -0.522. The van der Waals surface area contributed by atoms with Crippen molar-refractivity contribution in [1.29, 1.82) is 0 Å². The average molecular weight is 955 g/mol. The first-order chi connectivity index (χ1) is 37.2. The molecular formula is C73H50N2. The van der Waals surface area contributed by atoms with Gasteiger partial charge in [0.15, 0.2) is 0 Å². The van der Waals surface area contributed by atoms with Gasteiger partial charge in [-0.15, -0.1) is 0 Å². The Morgan fingerprint density at radius 3 is 1.41 bits per heavy atom. The molecule has 0 spiro atoms. The number of para-hydroxylation sites is 2. The Morgan fingerprint density at radius 1 is 0.253 bits per heavy atom. The second kappa shape index (κ2) is 18.4. The summed E-state index contributed by atoms with van der Waals surface area (Å²) in [5.74, 6) is 0. The van der Waals surface area contributed by atoms with E-state index in [2.05, 4.69) is 313 Å². The molecule has 0 N–H and O–H groups in total. The van der Waals surface area contributed by atoms with Crippen LogP contribution in [0, 0.1) is 0 Å². The fourth-order valence-corrected chi connectivity index (χ4v) is 12.0. The summed E-state index contributed by atoms with van der Waals surface area (Å²) in [5, 5.41) is 2.51. The lowest BCUT2D eigenvalue weighted by Crippen LogP contribution is -2.28. The smallest absolute Gasteiger partial charge is 0.0714 e. The van der Waals surface area contributed by atoms with Gasteiger partial charge in [0.05, 0.1) is 16.4 Å². The monoisotopic (exact) mass is 954 g/mol. The van der Waals surface area contributed by atoms with Gasteiger partial charge in [0, 0.05) is 33.5 Å². The highest BCUT2D eigenvalue weighted by Crippen LogP contribution is 2.57. The van der Waals surface area contributed by atoms with E-state index in [1.54, 1.807) is 0 Å². The SMILES string of the molecule is c1ccc(-c2ccc(N(c3cccc(-c4cccc(-c5ccc(-c6ccc7c(c6)c6ccccc6n7-c6ccccc6)cc5)c4)c3)c3ccc4c(c3)C(c3ccccc3)(c3ccccc3)c3ccccc3-4)cc2)cc1. The van der Waals surface area contributed by atoms with Gasteiger partial charge in [0.1, 0.15) is 0 Å². The van der Waals surface area contributed by atoms with Crippen LogP contribution in [0.5, 0.6) is 0 Å². The van der Waals surface area contributed by atoms with Crippen molar-refractivity contribution in [2.75, 3.05) is 4.90 Å². The summed E-state index contributed by atoms with van der Waals surface area (Å²) < 4.78 is 2.37. The molecule has 1 aliphatic carbocycles. The normalized spacial score (nSPS) is 12.4. The molecule has 13 aromatic rings. The van der Waals surface area contributed by atoms with Crippen LogP contribution < -0.4 is 4.90 Å². The van der Waals surface area contributed by atoms with Crippen molar-refractivity contribution >= 4 is 38.9 Å². The van der Waals surface area contributed by atoms with E-state index in [0.717, 1.165) is 28.2 Å². The van der Waals surface area contributed by atoms with Crippen LogP contribution in [0.1, 0.15) is 22.3 Å². The third-order valence-corrected chi connectivity index (χ3v) is 15.5. The molecule has 0 radical (unpaired) electrons. The molecular weight excluding hydrogens is 905 g/mol. The van der Waals surface area contributed by atoms with E-state index in [1.165, 1.54) is 94.3 Å². The summed E-state index contributed by atoms with van der Waals surface area (Å²) in [5.41, 5.74) is 23.4. The first-order valence-electron chi connectivity index (χ1n) is 25.9. The summed E-state index contributed by atoms with van der Waals surface area (Å²) in [4.78, 5) is 2.43. The fraction of sp³-hybridized carbons (Fsp3) is 0.0137. The summed E-state index contributed by atoms with van der Waals surface area (Å²) in [6, 6.07) is 111. The molecule has 0 saturated carbocycles. The lowest BCUT2D eigenvalue weighted by atomic mass is 9.67. The van der Waals surface area contributed by atoms with Gasteiger partial charge in [0.25, 0.3) is 0 Å². The van der Waals surface area contributed by atoms with Crippen molar-refractivity contribution in [3.8, 4) is 61.3 Å². The molecule has 0 unspecified atom stereocenters. The van der Waals surface area contributed by atoms with Crippen LogP contribution in [0.4, 0.5) is 17.1 Å². The number of hydrogen-bond donors (Lipinski definition) is 0. The average Bonchev–Trinajstić information content (AvgIpc) is 3.99. The Bertz CT molecular complexity index is 4160. The van der Waals surface area contributed by atoms with E-state index in [-0.39, 0.29) is 0 Å². The molecule has 75 heavy (non-hydrogen) atoms. The van der Waals surface area contributed by atoms with Crippen molar-refractivity contribution in [1.82, 2.24) is 4.57 Å². The van der Waals surface area contributed by atoms with E-state index >= 15 is 0 Å². The number of benzene rings is 12. The van der Waals surface area contributed by atoms with Crippen molar-refractivity contribution in [3.63, 3.8) is 0 Å². The Balaban J connectivity index is 0.847. The molecule has 14 rings (SSSR count). The molecule has 0 fully saturated rings. The molecule has 0 bridgehead atoms. The second-order valence-corrected chi connectivity index (χ2v) is 19.6. The molecule has 0 atom stereocenters. The van der Waals surface area contributed by atoms with Crippen LogP contribution in [-0.4, -0.2) is 4.57 Å². The molecule has 0 amide bonds. The number of rotatable bonds is 10. The predicted octanol–water partition coefficient (Wildman–Crippen LogP) is 19.3. The van der Waals surface area contributed by atoms with Gasteiger partial charge in [-0.3, -0.25) is 0 Å². The van der Waals surface area contributed by atoms with Crippen molar-refractivity contribution in [3.05, 3.63) is 326 Å². The maximum absolute atomic E-state index is 2.46. The summed E-state index contributed by atoms with van der Waals surface area (Å²) in [6.45, 7) is 0. The van der Waals surface area contributed by atoms with E-state index in [0.29, 0.717) is 0 Å². The van der Waals surface area contributed by atoms with Gasteiger partial charge in [0.2, 0.25) is 0 Å². The Hall–Kier alpha value is -9.76. The molecule has 0 aliphatic heterocycles. The van der Waals surface area contributed by atoms with Crippen LogP contribution in [-0.2, 0) is 5.41 Å². The van der Waals surface area contributed by atoms with Crippen LogP contribution >= 0.6 is 0 Å². The highest BCUT2D eigenvalue weighted by molar-refractivity contribution is 6.10. The van der Waals surface area contributed by atoms with Gasteiger partial charge in [-0.2, -0.15) is 0 Å². The largest absolute Gasteiger partial charge is 0.310 e. The standard InChI is InChI=1S/C73H50N2/c1-5-19-51(20-6-1)52-39-42-62(43-40-52)74(64-44-45-66-65-31-13-15-33-69(65)73(70(66)50-64,59-24-7-2-8-25-59)60-26-9-3-10-27-60)63-30-18-23-57(48-63)56-22-17-21-55(47-56)53-35-37-54(38-36-53)58-41-46-72-68(49-58)67-32-14-16-34-71(67)75(72)61-28-11-4-12-29-61/h1-50H. The Kier molecular flexibility index (Phi) is 10.8. The minimum Gasteiger partial charge on any atom is -0.310 e.